The number of anilines is 4. The van der Waals surface area contributed by atoms with E-state index in [1.807, 2.05) is 26.0 Å². The lowest BCUT2D eigenvalue weighted by Crippen LogP contribution is -2.16. The Kier molecular flexibility index (Phi) is 5.87. The Morgan fingerprint density at radius 3 is 2.28 bits per heavy atom. The van der Waals surface area contributed by atoms with Crippen molar-refractivity contribution in [2.45, 2.75) is 27.7 Å². The molecule has 1 heterocycles. The number of carbonyl (C=O) groups is 2. The van der Waals surface area contributed by atoms with Gasteiger partial charge in [-0.2, -0.15) is 0 Å². The standard InChI is InChI=1S/C22H23N5O2/c1-13-8-9-19(14(2)10-13)27-21-12-20(23-15(3)24-21)22(29)26-18-7-5-6-17(11-18)25-16(4)28/h5-12H,1-4H3,(H,25,28)(H,26,29)(H,23,24,27). The van der Waals surface area contributed by atoms with Crippen LogP contribution in [0.3, 0.4) is 0 Å². The predicted octanol–water partition coefficient (Wildman–Crippen LogP) is 4.36. The highest BCUT2D eigenvalue weighted by Gasteiger charge is 2.12. The molecular formula is C22H23N5O2. The first-order valence-electron chi connectivity index (χ1n) is 9.19. The Morgan fingerprint density at radius 1 is 0.862 bits per heavy atom. The number of hydrogen-bond acceptors (Lipinski definition) is 5. The normalized spacial score (nSPS) is 10.3. The second kappa shape index (κ2) is 8.52. The largest absolute Gasteiger partial charge is 0.340 e. The molecule has 0 spiro atoms. The predicted molar refractivity (Wildman–Crippen MR) is 115 cm³/mol. The molecule has 0 aliphatic carbocycles. The summed E-state index contributed by atoms with van der Waals surface area (Å²) in [6.45, 7) is 7.22. The molecule has 1 aromatic heterocycles. The third-order valence-electron chi connectivity index (χ3n) is 4.16. The highest BCUT2D eigenvalue weighted by Crippen LogP contribution is 2.21. The molecule has 29 heavy (non-hydrogen) atoms. The van der Waals surface area contributed by atoms with Crippen molar-refractivity contribution in [2.24, 2.45) is 0 Å². The van der Waals surface area contributed by atoms with Crippen molar-refractivity contribution >= 4 is 34.7 Å². The van der Waals surface area contributed by atoms with E-state index < -0.39 is 0 Å². The zero-order valence-corrected chi connectivity index (χ0v) is 16.8. The van der Waals surface area contributed by atoms with Gasteiger partial charge in [-0.15, -0.1) is 0 Å². The summed E-state index contributed by atoms with van der Waals surface area (Å²) >= 11 is 0. The molecule has 3 rings (SSSR count). The van der Waals surface area contributed by atoms with Crippen LogP contribution in [0.25, 0.3) is 0 Å². The molecule has 0 fully saturated rings. The second-order valence-corrected chi connectivity index (χ2v) is 6.85. The zero-order valence-electron chi connectivity index (χ0n) is 16.8. The first kappa shape index (κ1) is 20.0. The summed E-state index contributed by atoms with van der Waals surface area (Å²) in [5.74, 6) is 0.486. The number of rotatable bonds is 5. The lowest BCUT2D eigenvalue weighted by Gasteiger charge is -2.12. The highest BCUT2D eigenvalue weighted by atomic mass is 16.2. The summed E-state index contributed by atoms with van der Waals surface area (Å²) in [5, 5.41) is 8.74. The average Bonchev–Trinajstić information content (AvgIpc) is 2.63. The Balaban J connectivity index is 1.80. The molecule has 0 atom stereocenters. The van der Waals surface area contributed by atoms with E-state index in [1.54, 1.807) is 37.3 Å². The Morgan fingerprint density at radius 2 is 1.59 bits per heavy atom. The van der Waals surface area contributed by atoms with Gasteiger partial charge in [0, 0.05) is 30.1 Å². The minimum absolute atomic E-state index is 0.179. The van der Waals surface area contributed by atoms with Crippen LogP contribution in [-0.2, 0) is 4.79 Å². The van der Waals surface area contributed by atoms with Crippen LogP contribution in [0.5, 0.6) is 0 Å². The van der Waals surface area contributed by atoms with Crippen molar-refractivity contribution in [3.63, 3.8) is 0 Å². The molecule has 0 saturated heterocycles. The van der Waals surface area contributed by atoms with E-state index >= 15 is 0 Å². The van der Waals surface area contributed by atoms with E-state index in [1.165, 1.54) is 12.5 Å². The fraction of sp³-hybridized carbons (Fsp3) is 0.182. The smallest absolute Gasteiger partial charge is 0.274 e. The molecule has 3 aromatic rings. The van der Waals surface area contributed by atoms with Crippen LogP contribution in [0.2, 0.25) is 0 Å². The molecular weight excluding hydrogens is 366 g/mol. The zero-order chi connectivity index (χ0) is 21.0. The molecule has 148 valence electrons. The number of aryl methyl sites for hydroxylation is 3. The van der Waals surface area contributed by atoms with Gasteiger partial charge < -0.3 is 16.0 Å². The average molecular weight is 389 g/mol. The topological polar surface area (TPSA) is 96.0 Å². The number of hydrogen-bond donors (Lipinski definition) is 3. The molecule has 0 aliphatic rings. The number of benzene rings is 2. The maximum absolute atomic E-state index is 12.7. The molecule has 3 N–H and O–H groups in total. The number of aromatic nitrogens is 2. The Labute approximate surface area is 169 Å². The third-order valence-corrected chi connectivity index (χ3v) is 4.16. The van der Waals surface area contributed by atoms with E-state index in [0.717, 1.165) is 11.3 Å². The van der Waals surface area contributed by atoms with Crippen LogP contribution in [0, 0.1) is 20.8 Å². The van der Waals surface area contributed by atoms with Gasteiger partial charge in [-0.3, -0.25) is 9.59 Å². The van der Waals surface area contributed by atoms with Gasteiger partial charge in [0.15, 0.2) is 0 Å². The van der Waals surface area contributed by atoms with E-state index in [2.05, 4.69) is 32.0 Å². The van der Waals surface area contributed by atoms with Crippen molar-refractivity contribution in [3.8, 4) is 0 Å². The van der Waals surface area contributed by atoms with E-state index in [9.17, 15) is 9.59 Å². The molecule has 0 saturated carbocycles. The van der Waals surface area contributed by atoms with Crippen molar-refractivity contribution in [2.75, 3.05) is 16.0 Å². The van der Waals surface area contributed by atoms with Crippen molar-refractivity contribution < 1.29 is 9.59 Å². The Bertz CT molecular complexity index is 1080. The maximum atomic E-state index is 12.7. The minimum Gasteiger partial charge on any atom is -0.340 e. The van der Waals surface area contributed by atoms with E-state index in [4.69, 9.17) is 0 Å². The van der Waals surface area contributed by atoms with Crippen LogP contribution >= 0.6 is 0 Å². The van der Waals surface area contributed by atoms with Crippen LogP contribution in [0.1, 0.15) is 34.4 Å². The van der Waals surface area contributed by atoms with Crippen LogP contribution in [0.15, 0.2) is 48.5 Å². The fourth-order valence-electron chi connectivity index (χ4n) is 2.91. The number of amides is 2. The van der Waals surface area contributed by atoms with Gasteiger partial charge in [-0.1, -0.05) is 23.8 Å². The molecule has 7 heteroatoms. The minimum atomic E-state index is -0.362. The van der Waals surface area contributed by atoms with Gasteiger partial charge in [0.25, 0.3) is 5.91 Å². The first-order valence-corrected chi connectivity index (χ1v) is 9.19. The summed E-state index contributed by atoms with van der Waals surface area (Å²) in [7, 11) is 0. The summed E-state index contributed by atoms with van der Waals surface area (Å²) < 4.78 is 0. The second-order valence-electron chi connectivity index (χ2n) is 6.85. The molecule has 0 unspecified atom stereocenters. The van der Waals surface area contributed by atoms with Crippen LogP contribution in [0.4, 0.5) is 22.9 Å². The molecule has 7 nitrogen and oxygen atoms in total. The fourth-order valence-corrected chi connectivity index (χ4v) is 2.91. The van der Waals surface area contributed by atoms with Gasteiger partial charge in [-0.25, -0.2) is 9.97 Å². The van der Waals surface area contributed by atoms with Gasteiger partial charge >= 0.3 is 0 Å². The number of nitrogens with zero attached hydrogens (tertiary/aromatic N) is 2. The lowest BCUT2D eigenvalue weighted by molar-refractivity contribution is -0.114. The monoisotopic (exact) mass is 389 g/mol. The van der Waals surface area contributed by atoms with Crippen molar-refractivity contribution in [1.82, 2.24) is 9.97 Å². The Hall–Kier alpha value is -3.74. The maximum Gasteiger partial charge on any atom is 0.274 e. The summed E-state index contributed by atoms with van der Waals surface area (Å²) in [6.07, 6.45) is 0. The van der Waals surface area contributed by atoms with Crippen LogP contribution in [-0.4, -0.2) is 21.8 Å². The summed E-state index contributed by atoms with van der Waals surface area (Å²) in [6, 6.07) is 14.6. The van der Waals surface area contributed by atoms with E-state index in [0.29, 0.717) is 23.0 Å². The van der Waals surface area contributed by atoms with Gasteiger partial charge in [0.05, 0.1) is 0 Å². The first-order chi connectivity index (χ1) is 13.8. The van der Waals surface area contributed by atoms with Crippen molar-refractivity contribution in [1.29, 1.82) is 0 Å². The molecule has 0 aliphatic heterocycles. The van der Waals surface area contributed by atoms with E-state index in [-0.39, 0.29) is 17.5 Å². The van der Waals surface area contributed by atoms with Crippen molar-refractivity contribution in [3.05, 3.63) is 71.2 Å². The molecule has 0 bridgehead atoms. The number of carbonyl (C=O) groups excluding carboxylic acids is 2. The summed E-state index contributed by atoms with van der Waals surface area (Å²) in [5.41, 5.74) is 4.58. The quantitative estimate of drug-likeness (QED) is 0.603. The number of nitrogens with one attached hydrogen (secondary N) is 3. The highest BCUT2D eigenvalue weighted by molar-refractivity contribution is 6.03. The van der Waals surface area contributed by atoms with Crippen LogP contribution < -0.4 is 16.0 Å². The lowest BCUT2D eigenvalue weighted by atomic mass is 10.1. The molecule has 2 amide bonds. The third kappa shape index (κ3) is 5.38. The van der Waals surface area contributed by atoms with Gasteiger partial charge in [0.2, 0.25) is 5.91 Å². The van der Waals surface area contributed by atoms with Gasteiger partial charge in [-0.05, 0) is 50.6 Å². The SMILES string of the molecule is CC(=O)Nc1cccc(NC(=O)c2cc(Nc3ccc(C)cc3C)nc(C)n2)c1. The molecule has 0 radical (unpaired) electrons. The van der Waals surface area contributed by atoms with Gasteiger partial charge in [0.1, 0.15) is 17.3 Å². The summed E-state index contributed by atoms with van der Waals surface area (Å²) in [4.78, 5) is 32.5. The molecule has 2 aromatic carbocycles.